The van der Waals surface area contributed by atoms with Crippen LogP contribution in [0.1, 0.15) is 298 Å². The third-order valence-corrected chi connectivity index (χ3v) is 17.8. The highest BCUT2D eigenvalue weighted by atomic mass is 16.5. The molecular formula is C58H106O2. The van der Waals surface area contributed by atoms with E-state index in [1.807, 2.05) is 0 Å². The van der Waals surface area contributed by atoms with Crippen molar-refractivity contribution in [2.75, 3.05) is 0 Å². The molecule has 0 aromatic heterocycles. The monoisotopic (exact) mass is 835 g/mol. The lowest BCUT2D eigenvalue weighted by Crippen LogP contribution is -2.51. The zero-order chi connectivity index (χ0) is 42.9. The molecule has 0 heterocycles. The van der Waals surface area contributed by atoms with Gasteiger partial charge in [0.15, 0.2) is 0 Å². The van der Waals surface area contributed by atoms with E-state index >= 15 is 0 Å². The van der Waals surface area contributed by atoms with Gasteiger partial charge in [0.1, 0.15) is 6.10 Å². The highest BCUT2D eigenvalue weighted by Crippen LogP contribution is 2.67. The topological polar surface area (TPSA) is 26.3 Å². The van der Waals surface area contributed by atoms with Gasteiger partial charge < -0.3 is 4.74 Å². The first-order valence-corrected chi connectivity index (χ1v) is 28.1. The Labute approximate surface area is 376 Å². The molecule has 60 heavy (non-hydrogen) atoms. The van der Waals surface area contributed by atoms with Gasteiger partial charge in [-0.1, -0.05) is 246 Å². The molecule has 3 fully saturated rings. The Hall–Kier alpha value is -0.790. The van der Waals surface area contributed by atoms with E-state index < -0.39 is 0 Å². The maximum absolute atomic E-state index is 12.9. The SMILES string of the molecule is CCCCCCCCCCCCCCCCCCCCCCCCCCCCCCC(=O)OC1CCC2(C)C(=CCC3C2CCC2(C)C(C(C)CCCC(C)C)CCC32)C1. The zero-order valence-corrected chi connectivity index (χ0v) is 41.7. The summed E-state index contributed by atoms with van der Waals surface area (Å²) in [5.74, 6) is 5.34. The molecule has 4 aliphatic carbocycles. The van der Waals surface area contributed by atoms with Gasteiger partial charge in [0.05, 0.1) is 0 Å². The minimum absolute atomic E-state index is 0.0700. The summed E-state index contributed by atoms with van der Waals surface area (Å²) in [6.45, 7) is 15.0. The minimum Gasteiger partial charge on any atom is -0.462 e. The summed E-state index contributed by atoms with van der Waals surface area (Å²) in [5, 5.41) is 0. The molecule has 0 bridgehead atoms. The predicted octanol–water partition coefficient (Wildman–Crippen LogP) is 19.3. The van der Waals surface area contributed by atoms with Gasteiger partial charge in [0.2, 0.25) is 0 Å². The van der Waals surface area contributed by atoms with Crippen LogP contribution in [0, 0.1) is 46.3 Å². The Kier molecular flexibility index (Phi) is 25.6. The van der Waals surface area contributed by atoms with Gasteiger partial charge in [-0.05, 0) is 97.7 Å². The van der Waals surface area contributed by atoms with E-state index in [0.717, 1.165) is 54.8 Å². The molecule has 8 atom stereocenters. The first-order chi connectivity index (χ1) is 29.2. The van der Waals surface area contributed by atoms with Crippen LogP contribution >= 0.6 is 0 Å². The molecule has 8 unspecified atom stereocenters. The Morgan fingerprint density at radius 2 is 1.07 bits per heavy atom. The molecule has 3 saturated carbocycles. The number of carbonyl (C=O) groups excluding carboxylic acids is 1. The second-order valence-corrected chi connectivity index (χ2v) is 22.9. The third-order valence-electron chi connectivity index (χ3n) is 17.8. The Bertz CT molecular complexity index is 1140. The van der Waals surface area contributed by atoms with Gasteiger partial charge in [-0.15, -0.1) is 0 Å². The van der Waals surface area contributed by atoms with E-state index in [1.54, 1.807) is 5.57 Å². The van der Waals surface area contributed by atoms with Crippen molar-refractivity contribution in [1.82, 2.24) is 0 Å². The number of ether oxygens (including phenoxy) is 1. The molecular weight excluding hydrogens is 729 g/mol. The smallest absolute Gasteiger partial charge is 0.306 e. The van der Waals surface area contributed by atoms with Crippen LogP contribution in [0.3, 0.4) is 0 Å². The molecule has 2 heteroatoms. The van der Waals surface area contributed by atoms with Crippen molar-refractivity contribution in [3.05, 3.63) is 11.6 Å². The number of rotatable bonds is 35. The van der Waals surface area contributed by atoms with Crippen molar-refractivity contribution in [2.45, 2.75) is 304 Å². The lowest BCUT2D eigenvalue weighted by atomic mass is 9.47. The molecule has 4 rings (SSSR count). The lowest BCUT2D eigenvalue weighted by molar-refractivity contribution is -0.151. The van der Waals surface area contributed by atoms with Crippen molar-refractivity contribution < 1.29 is 9.53 Å². The number of hydrogen-bond donors (Lipinski definition) is 0. The average molecular weight is 835 g/mol. The molecule has 0 radical (unpaired) electrons. The number of fused-ring (bicyclic) bond motifs is 5. The van der Waals surface area contributed by atoms with E-state index in [2.05, 4.69) is 47.6 Å². The van der Waals surface area contributed by atoms with Crippen LogP contribution in [-0.2, 0) is 9.53 Å². The Balaban J connectivity index is 0.922. The molecule has 0 aromatic rings. The largest absolute Gasteiger partial charge is 0.462 e. The van der Waals surface area contributed by atoms with E-state index in [9.17, 15) is 4.79 Å². The van der Waals surface area contributed by atoms with Gasteiger partial charge in [-0.3, -0.25) is 4.79 Å². The number of esters is 1. The second kappa shape index (κ2) is 29.6. The fourth-order valence-electron chi connectivity index (χ4n) is 13.9. The number of allylic oxidation sites excluding steroid dienone is 1. The van der Waals surface area contributed by atoms with Crippen LogP contribution in [0.15, 0.2) is 11.6 Å². The summed E-state index contributed by atoms with van der Waals surface area (Å²) >= 11 is 0. The fraction of sp³-hybridized carbons (Fsp3) is 0.948. The first-order valence-electron chi connectivity index (χ1n) is 28.1. The molecule has 0 N–H and O–H groups in total. The van der Waals surface area contributed by atoms with Crippen molar-refractivity contribution in [3.8, 4) is 0 Å². The lowest BCUT2D eigenvalue weighted by Gasteiger charge is -2.58. The van der Waals surface area contributed by atoms with Crippen LogP contribution in [0.2, 0.25) is 0 Å². The van der Waals surface area contributed by atoms with Crippen LogP contribution in [0.5, 0.6) is 0 Å². The van der Waals surface area contributed by atoms with E-state index in [4.69, 9.17) is 4.74 Å². The van der Waals surface area contributed by atoms with Gasteiger partial charge in [0, 0.05) is 12.8 Å². The standard InChI is InChI=1S/C58H106O2/c1-7-8-9-10-11-12-13-14-15-16-17-18-19-20-21-22-23-24-25-26-27-28-29-30-31-32-33-34-38-56(59)60-51-43-45-57(5)50(47-51)39-40-52-54-42-41-53(49(4)37-35-36-48(2)3)58(54,6)46-44-55(52)57/h39,48-49,51-55H,7-38,40-47H2,1-6H3. The third kappa shape index (κ3) is 17.6. The zero-order valence-electron chi connectivity index (χ0n) is 41.7. The highest BCUT2D eigenvalue weighted by molar-refractivity contribution is 5.69. The summed E-state index contributed by atoms with van der Waals surface area (Å²) in [5.41, 5.74) is 2.54. The average Bonchev–Trinajstić information content (AvgIpc) is 3.59. The van der Waals surface area contributed by atoms with Gasteiger partial charge in [0.25, 0.3) is 0 Å². The normalized spacial score (nSPS) is 28.0. The number of hydrogen-bond acceptors (Lipinski definition) is 2. The summed E-state index contributed by atoms with van der Waals surface area (Å²) in [7, 11) is 0. The van der Waals surface area contributed by atoms with Crippen molar-refractivity contribution in [2.24, 2.45) is 46.3 Å². The summed E-state index contributed by atoms with van der Waals surface area (Å²) in [6, 6.07) is 0. The quantitative estimate of drug-likeness (QED) is 0.0361. The molecule has 0 amide bonds. The van der Waals surface area contributed by atoms with E-state index in [1.165, 1.54) is 231 Å². The molecule has 0 aliphatic heterocycles. The second-order valence-electron chi connectivity index (χ2n) is 22.9. The van der Waals surface area contributed by atoms with Crippen LogP contribution < -0.4 is 0 Å². The van der Waals surface area contributed by atoms with Crippen molar-refractivity contribution in [1.29, 1.82) is 0 Å². The maximum atomic E-state index is 12.9. The van der Waals surface area contributed by atoms with Crippen molar-refractivity contribution >= 4 is 5.97 Å². The predicted molar refractivity (Wildman–Crippen MR) is 262 cm³/mol. The molecule has 0 aromatic carbocycles. The van der Waals surface area contributed by atoms with Gasteiger partial charge in [-0.25, -0.2) is 0 Å². The Morgan fingerprint density at radius 3 is 1.55 bits per heavy atom. The number of unbranched alkanes of at least 4 members (excludes halogenated alkanes) is 27. The van der Waals surface area contributed by atoms with Crippen LogP contribution in [0.4, 0.5) is 0 Å². The maximum Gasteiger partial charge on any atom is 0.306 e. The minimum atomic E-state index is 0.0700. The molecule has 350 valence electrons. The first kappa shape index (κ1) is 51.8. The van der Waals surface area contributed by atoms with Crippen molar-refractivity contribution in [3.63, 3.8) is 0 Å². The fourth-order valence-corrected chi connectivity index (χ4v) is 13.9. The molecule has 0 spiro atoms. The Morgan fingerprint density at radius 1 is 0.583 bits per heavy atom. The summed E-state index contributed by atoms with van der Waals surface area (Å²) in [6.07, 6.45) is 57.7. The van der Waals surface area contributed by atoms with Gasteiger partial charge >= 0.3 is 5.97 Å². The van der Waals surface area contributed by atoms with Crippen LogP contribution in [0.25, 0.3) is 0 Å². The summed E-state index contributed by atoms with van der Waals surface area (Å²) in [4.78, 5) is 12.9. The summed E-state index contributed by atoms with van der Waals surface area (Å²) < 4.78 is 6.18. The highest BCUT2D eigenvalue weighted by Gasteiger charge is 2.59. The molecule has 2 nitrogen and oxygen atoms in total. The number of carbonyl (C=O) groups is 1. The molecule has 4 aliphatic rings. The van der Waals surface area contributed by atoms with Gasteiger partial charge in [-0.2, -0.15) is 0 Å². The van der Waals surface area contributed by atoms with E-state index in [-0.39, 0.29) is 12.1 Å². The molecule has 0 saturated heterocycles. The van der Waals surface area contributed by atoms with Crippen LogP contribution in [-0.4, -0.2) is 12.1 Å². The van der Waals surface area contributed by atoms with E-state index in [0.29, 0.717) is 17.3 Å².